The van der Waals surface area contributed by atoms with Gasteiger partial charge in [-0.1, -0.05) is 11.3 Å². The fourth-order valence-corrected chi connectivity index (χ4v) is 2.06. The molecule has 16 heavy (non-hydrogen) atoms. The van der Waals surface area contributed by atoms with Crippen LogP contribution in [0.25, 0.3) is 0 Å². The normalized spacial score (nSPS) is 9.88. The molecule has 1 heterocycles. The third kappa shape index (κ3) is 2.44. The second-order valence-electron chi connectivity index (χ2n) is 3.22. The number of hydrogen-bond acceptors (Lipinski definition) is 4. The molecule has 0 saturated carbocycles. The van der Waals surface area contributed by atoms with Crippen molar-refractivity contribution in [2.24, 2.45) is 5.73 Å². The van der Waals surface area contributed by atoms with Crippen molar-refractivity contribution >= 4 is 34.6 Å². The molecule has 0 spiro atoms. The molecule has 0 atom stereocenters. The lowest BCUT2D eigenvalue weighted by atomic mass is 10.1. The lowest BCUT2D eigenvalue weighted by Gasteiger charge is -2.08. The number of quaternary nitrogens is 1. The van der Waals surface area contributed by atoms with Crippen molar-refractivity contribution in [3.63, 3.8) is 0 Å². The van der Waals surface area contributed by atoms with Crippen molar-refractivity contribution < 1.29 is 20.1 Å². The van der Waals surface area contributed by atoms with Gasteiger partial charge in [-0.15, -0.1) is 0 Å². The van der Waals surface area contributed by atoms with E-state index in [9.17, 15) is 14.4 Å². The minimum absolute atomic E-state index is 0.0280. The molecule has 0 fully saturated rings. The first-order valence-electron chi connectivity index (χ1n) is 4.40. The van der Waals surface area contributed by atoms with Crippen LogP contribution in [-0.4, -0.2) is 30.2 Å². The number of hydrogen-bond donors (Lipinski definition) is 2. The van der Waals surface area contributed by atoms with Gasteiger partial charge in [0.2, 0.25) is 12.3 Å². The molecule has 0 unspecified atom stereocenters. The maximum Gasteiger partial charge on any atom is 0.267 e. The van der Waals surface area contributed by atoms with Gasteiger partial charge >= 0.3 is 0 Å². The van der Waals surface area contributed by atoms with Gasteiger partial charge in [0.25, 0.3) is 5.91 Å². The van der Waals surface area contributed by atoms with Gasteiger partial charge < -0.3 is 11.5 Å². The average Bonchev–Trinajstić information content (AvgIpc) is 2.56. The first kappa shape index (κ1) is 12.3. The van der Waals surface area contributed by atoms with E-state index >= 15 is 0 Å². The number of thiophene rings is 1. The molecule has 7 heteroatoms. The Morgan fingerprint density at radius 2 is 2.25 bits per heavy atom. The van der Waals surface area contributed by atoms with E-state index in [1.54, 1.807) is 5.38 Å². The highest BCUT2D eigenvalue weighted by Crippen LogP contribution is 2.25. The van der Waals surface area contributed by atoms with Crippen LogP contribution < -0.4 is 11.5 Å². The van der Waals surface area contributed by atoms with Gasteiger partial charge in [-0.25, -0.2) is 0 Å². The quantitative estimate of drug-likeness (QED) is 0.652. The van der Waals surface area contributed by atoms with E-state index < -0.39 is 11.8 Å². The van der Waals surface area contributed by atoms with E-state index in [2.05, 4.69) is 5.73 Å². The zero-order valence-electron chi connectivity index (χ0n) is 8.73. The summed E-state index contributed by atoms with van der Waals surface area (Å²) in [4.78, 5) is 34.0. The lowest BCUT2D eigenvalue weighted by Crippen LogP contribution is -2.42. The van der Waals surface area contributed by atoms with Crippen LogP contribution in [0.5, 0.6) is 0 Å². The molecule has 1 aromatic rings. The Labute approximate surface area is 95.8 Å². The number of amides is 3. The average molecular weight is 242 g/mol. The highest BCUT2D eigenvalue weighted by molar-refractivity contribution is 7.13. The van der Waals surface area contributed by atoms with Gasteiger partial charge in [-0.05, 0) is 5.56 Å². The molecule has 0 aliphatic rings. The van der Waals surface area contributed by atoms with Gasteiger partial charge in [-0.3, -0.25) is 19.3 Å². The summed E-state index contributed by atoms with van der Waals surface area (Å²) in [6, 6.07) is 0. The molecule has 0 radical (unpaired) electrons. The lowest BCUT2D eigenvalue weighted by molar-refractivity contribution is -0.249. The first-order chi connectivity index (χ1) is 7.47. The van der Waals surface area contributed by atoms with Gasteiger partial charge in [0, 0.05) is 12.4 Å². The zero-order chi connectivity index (χ0) is 12.3. The Morgan fingerprint density at radius 3 is 2.75 bits per heavy atom. The highest BCUT2D eigenvalue weighted by atomic mass is 32.1. The molecular weight excluding hydrogens is 230 g/mol. The van der Waals surface area contributed by atoms with Crippen LogP contribution >= 0.6 is 11.3 Å². The Kier molecular flexibility index (Phi) is 3.75. The molecule has 0 aliphatic heterocycles. The number of primary amides is 1. The summed E-state index contributed by atoms with van der Waals surface area (Å²) in [5.41, 5.74) is 9.56. The predicted octanol–water partition coefficient (Wildman–Crippen LogP) is -1.12. The minimum atomic E-state index is -0.527. The number of rotatable bonds is 4. The van der Waals surface area contributed by atoms with E-state index in [1.807, 2.05) is 0 Å². The Hall–Kier alpha value is -1.73. The van der Waals surface area contributed by atoms with Crippen LogP contribution in [0.1, 0.15) is 15.9 Å². The Bertz CT molecular complexity index is 441. The van der Waals surface area contributed by atoms with Gasteiger partial charge in [0.05, 0.1) is 6.42 Å². The van der Waals surface area contributed by atoms with Crippen molar-refractivity contribution in [2.45, 2.75) is 6.42 Å². The predicted molar refractivity (Wildman–Crippen MR) is 57.9 cm³/mol. The molecule has 1 rings (SSSR count). The molecule has 5 N–H and O–H groups in total. The van der Waals surface area contributed by atoms with Gasteiger partial charge in [-0.2, -0.15) is 0 Å². The molecule has 86 valence electrons. The molecule has 3 amide bonds. The second-order valence-corrected chi connectivity index (χ2v) is 4.19. The fourth-order valence-electron chi connectivity index (χ4n) is 1.24. The van der Waals surface area contributed by atoms with Crippen molar-refractivity contribution in [3.05, 3.63) is 16.5 Å². The van der Waals surface area contributed by atoms with E-state index in [-0.39, 0.29) is 6.42 Å². The van der Waals surface area contributed by atoms with Crippen LogP contribution in [0, 0.1) is 0 Å². The third-order valence-electron chi connectivity index (χ3n) is 2.00. The minimum Gasteiger partial charge on any atom is -0.369 e. The molecule has 1 aromatic heterocycles. The SMILES string of the molecule is CN(C=O)C(=O)c1c(CC(N)=O)csc1[NH3+]. The molecule has 6 nitrogen and oxygen atoms in total. The number of nitrogens with zero attached hydrogens (tertiary/aromatic N) is 1. The summed E-state index contributed by atoms with van der Waals surface area (Å²) in [6.45, 7) is 0. The summed E-state index contributed by atoms with van der Waals surface area (Å²) in [5, 5.41) is 2.17. The zero-order valence-corrected chi connectivity index (χ0v) is 9.54. The van der Waals surface area contributed by atoms with E-state index in [1.165, 1.54) is 18.4 Å². The molecule has 0 aromatic carbocycles. The van der Waals surface area contributed by atoms with E-state index in [4.69, 9.17) is 5.73 Å². The van der Waals surface area contributed by atoms with Crippen LogP contribution in [0.4, 0.5) is 5.00 Å². The second kappa shape index (κ2) is 4.86. The summed E-state index contributed by atoms with van der Waals surface area (Å²) in [6.07, 6.45) is 0.382. The molecule has 0 saturated heterocycles. The number of carbonyl (C=O) groups is 3. The van der Waals surface area contributed by atoms with Crippen molar-refractivity contribution in [3.8, 4) is 0 Å². The largest absolute Gasteiger partial charge is 0.369 e. The van der Waals surface area contributed by atoms with Gasteiger partial charge in [0.15, 0.2) is 5.00 Å². The highest BCUT2D eigenvalue weighted by Gasteiger charge is 2.23. The Morgan fingerprint density at radius 1 is 1.62 bits per heavy atom. The maximum atomic E-state index is 11.8. The summed E-state index contributed by atoms with van der Waals surface area (Å²) < 4.78 is 0. The number of imide groups is 1. The maximum absolute atomic E-state index is 11.8. The topological polar surface area (TPSA) is 108 Å². The van der Waals surface area contributed by atoms with Crippen molar-refractivity contribution in [1.29, 1.82) is 0 Å². The molecule has 0 bridgehead atoms. The number of nitrogens with two attached hydrogens (primary N) is 1. The van der Waals surface area contributed by atoms with Crippen LogP contribution in [-0.2, 0) is 16.0 Å². The fraction of sp³-hybridized carbons (Fsp3) is 0.222. The molecular formula is C9H12N3O3S+. The van der Waals surface area contributed by atoms with Crippen LogP contribution in [0.3, 0.4) is 0 Å². The molecule has 0 aliphatic carbocycles. The van der Waals surface area contributed by atoms with Crippen molar-refractivity contribution in [1.82, 2.24) is 4.90 Å². The summed E-state index contributed by atoms with van der Waals surface area (Å²) in [7, 11) is 1.35. The summed E-state index contributed by atoms with van der Waals surface area (Å²) in [5.74, 6) is -1.00. The van der Waals surface area contributed by atoms with Crippen LogP contribution in [0.15, 0.2) is 5.38 Å². The first-order valence-corrected chi connectivity index (χ1v) is 5.28. The number of carbonyl (C=O) groups excluding carboxylic acids is 3. The van der Waals surface area contributed by atoms with E-state index in [0.717, 1.165) is 4.90 Å². The van der Waals surface area contributed by atoms with Crippen molar-refractivity contribution in [2.75, 3.05) is 7.05 Å². The van der Waals surface area contributed by atoms with Crippen LogP contribution in [0.2, 0.25) is 0 Å². The Balaban J connectivity index is 3.10. The smallest absolute Gasteiger partial charge is 0.267 e. The van der Waals surface area contributed by atoms with Gasteiger partial charge in [0.1, 0.15) is 5.56 Å². The standard InChI is InChI=1S/C9H11N3O3S/c1-12(4-13)9(15)7-5(2-6(10)14)3-16-8(7)11/h3-4H,2,11H2,1H3,(H2,10,14)/p+1. The third-order valence-corrected chi connectivity index (χ3v) is 2.89. The monoisotopic (exact) mass is 242 g/mol. The summed E-state index contributed by atoms with van der Waals surface area (Å²) >= 11 is 1.25. The van der Waals surface area contributed by atoms with E-state index in [0.29, 0.717) is 22.5 Å².